The molecule has 0 aliphatic heterocycles. The van der Waals surface area contributed by atoms with Gasteiger partial charge in [-0.3, -0.25) is 0 Å². The molecular formula is C24H26O4. The second kappa shape index (κ2) is 9.27. The Morgan fingerprint density at radius 2 is 1.79 bits per heavy atom. The maximum absolute atomic E-state index is 12.7. The standard InChI is InChI=1S/C24H26O4/c1-3-4-5-9-15-27-21-16-20(24(26)28-18-12-7-6-8-13-18)23(25)19-14-10-11-17(2)22(19)21/h6-8,10-14,16,25H,3-5,9,15H2,1-2H3. The Labute approximate surface area is 165 Å². The van der Waals surface area contributed by atoms with Crippen LogP contribution < -0.4 is 9.47 Å². The second-order valence-corrected chi connectivity index (χ2v) is 6.88. The Hall–Kier alpha value is -3.01. The minimum absolute atomic E-state index is 0.0852. The van der Waals surface area contributed by atoms with Gasteiger partial charge >= 0.3 is 5.97 Å². The smallest absolute Gasteiger partial charge is 0.347 e. The van der Waals surface area contributed by atoms with Gasteiger partial charge in [-0.05, 0) is 37.1 Å². The fourth-order valence-electron chi connectivity index (χ4n) is 3.24. The second-order valence-electron chi connectivity index (χ2n) is 6.88. The van der Waals surface area contributed by atoms with Gasteiger partial charge in [0.05, 0.1) is 6.61 Å². The lowest BCUT2D eigenvalue weighted by Crippen LogP contribution is -2.10. The van der Waals surface area contributed by atoms with E-state index in [2.05, 4.69) is 6.92 Å². The first-order valence-corrected chi connectivity index (χ1v) is 9.77. The van der Waals surface area contributed by atoms with Gasteiger partial charge in [0.15, 0.2) is 0 Å². The molecule has 28 heavy (non-hydrogen) atoms. The van der Waals surface area contributed by atoms with Crippen LogP contribution in [0.15, 0.2) is 54.6 Å². The molecule has 0 fully saturated rings. The van der Waals surface area contributed by atoms with Gasteiger partial charge < -0.3 is 14.6 Å². The zero-order valence-corrected chi connectivity index (χ0v) is 16.4. The summed E-state index contributed by atoms with van der Waals surface area (Å²) >= 11 is 0. The van der Waals surface area contributed by atoms with Crippen molar-refractivity contribution in [2.75, 3.05) is 6.61 Å². The minimum atomic E-state index is -0.608. The predicted molar refractivity (Wildman–Crippen MR) is 111 cm³/mol. The topological polar surface area (TPSA) is 55.8 Å². The summed E-state index contributed by atoms with van der Waals surface area (Å²) in [6.07, 6.45) is 4.39. The summed E-state index contributed by atoms with van der Waals surface area (Å²) in [4.78, 5) is 12.7. The van der Waals surface area contributed by atoms with Crippen molar-refractivity contribution in [3.05, 3.63) is 65.7 Å². The number of esters is 1. The molecule has 146 valence electrons. The summed E-state index contributed by atoms with van der Waals surface area (Å²) < 4.78 is 11.4. The number of phenols is 1. The zero-order chi connectivity index (χ0) is 19.9. The lowest BCUT2D eigenvalue weighted by molar-refractivity contribution is 0.0731. The van der Waals surface area contributed by atoms with Gasteiger partial charge in [0.2, 0.25) is 0 Å². The molecule has 3 aromatic rings. The highest BCUT2D eigenvalue weighted by molar-refractivity contribution is 6.05. The SMILES string of the molecule is CCCCCCOc1cc(C(=O)Oc2ccccc2)c(O)c2cccc(C)c12. The molecule has 0 heterocycles. The summed E-state index contributed by atoms with van der Waals surface area (Å²) in [5.41, 5.74) is 1.09. The molecule has 0 aliphatic rings. The average molecular weight is 378 g/mol. The molecule has 0 atom stereocenters. The number of para-hydroxylation sites is 1. The van der Waals surface area contributed by atoms with Crippen LogP contribution in [0.2, 0.25) is 0 Å². The van der Waals surface area contributed by atoms with Gasteiger partial charge in [-0.25, -0.2) is 4.79 Å². The number of rotatable bonds is 8. The number of benzene rings is 3. The van der Waals surface area contributed by atoms with Crippen LogP contribution in [0.1, 0.15) is 48.5 Å². The molecule has 0 bridgehead atoms. The summed E-state index contributed by atoms with van der Waals surface area (Å²) in [5.74, 6) is 0.335. The van der Waals surface area contributed by atoms with Crippen LogP contribution in [0.5, 0.6) is 17.2 Å². The van der Waals surface area contributed by atoms with E-state index in [9.17, 15) is 9.90 Å². The number of ether oxygens (including phenoxy) is 2. The lowest BCUT2D eigenvalue weighted by atomic mass is 10.00. The van der Waals surface area contributed by atoms with Crippen molar-refractivity contribution in [1.29, 1.82) is 0 Å². The van der Waals surface area contributed by atoms with E-state index in [0.29, 0.717) is 23.5 Å². The van der Waals surface area contributed by atoms with E-state index < -0.39 is 5.97 Å². The van der Waals surface area contributed by atoms with Crippen LogP contribution in [-0.2, 0) is 0 Å². The van der Waals surface area contributed by atoms with Crippen molar-refractivity contribution in [3.8, 4) is 17.2 Å². The van der Waals surface area contributed by atoms with Gasteiger partial charge in [0, 0.05) is 10.8 Å². The van der Waals surface area contributed by atoms with Gasteiger partial charge in [-0.2, -0.15) is 0 Å². The lowest BCUT2D eigenvalue weighted by Gasteiger charge is -2.15. The summed E-state index contributed by atoms with van der Waals surface area (Å²) in [5, 5.41) is 12.1. The molecule has 1 N–H and O–H groups in total. The van der Waals surface area contributed by atoms with Gasteiger partial charge in [-0.15, -0.1) is 0 Å². The molecule has 0 aliphatic carbocycles. The van der Waals surface area contributed by atoms with Crippen LogP contribution in [0.25, 0.3) is 10.8 Å². The maximum atomic E-state index is 12.7. The molecule has 0 radical (unpaired) electrons. The quantitative estimate of drug-likeness (QED) is 0.295. The van der Waals surface area contributed by atoms with Crippen LogP contribution in [0, 0.1) is 6.92 Å². The number of phenolic OH excluding ortho intramolecular Hbond substituents is 1. The van der Waals surface area contributed by atoms with Gasteiger partial charge in [-0.1, -0.05) is 62.6 Å². The first-order valence-electron chi connectivity index (χ1n) is 9.77. The van der Waals surface area contributed by atoms with Crippen molar-refractivity contribution < 1.29 is 19.4 Å². The first kappa shape index (κ1) is 19.7. The molecule has 4 nitrogen and oxygen atoms in total. The first-order chi connectivity index (χ1) is 13.6. The van der Waals surface area contributed by atoms with Crippen molar-refractivity contribution in [2.45, 2.75) is 39.5 Å². The predicted octanol–water partition coefficient (Wildman–Crippen LogP) is 6.03. The number of hydrogen-bond donors (Lipinski definition) is 1. The zero-order valence-electron chi connectivity index (χ0n) is 16.4. The van der Waals surface area contributed by atoms with Crippen LogP contribution in [0.4, 0.5) is 0 Å². The van der Waals surface area contributed by atoms with Crippen molar-refractivity contribution >= 4 is 16.7 Å². The van der Waals surface area contributed by atoms with Crippen LogP contribution in [0.3, 0.4) is 0 Å². The van der Waals surface area contributed by atoms with E-state index >= 15 is 0 Å². The molecule has 0 unspecified atom stereocenters. The number of aryl methyl sites for hydroxylation is 1. The number of hydrogen-bond acceptors (Lipinski definition) is 4. The fraction of sp³-hybridized carbons (Fsp3) is 0.292. The van der Waals surface area contributed by atoms with E-state index in [1.807, 2.05) is 25.1 Å². The third-order valence-electron chi connectivity index (χ3n) is 4.73. The van der Waals surface area contributed by atoms with E-state index in [4.69, 9.17) is 9.47 Å². The Balaban J connectivity index is 1.94. The Morgan fingerprint density at radius 3 is 2.54 bits per heavy atom. The van der Waals surface area contributed by atoms with E-state index in [1.54, 1.807) is 36.4 Å². The molecule has 4 heteroatoms. The Morgan fingerprint density at radius 1 is 1.00 bits per heavy atom. The molecule has 0 aromatic heterocycles. The number of fused-ring (bicyclic) bond motifs is 1. The molecule has 3 rings (SSSR count). The molecular weight excluding hydrogens is 352 g/mol. The van der Waals surface area contributed by atoms with E-state index in [-0.39, 0.29) is 11.3 Å². The molecule has 0 saturated carbocycles. The summed E-state index contributed by atoms with van der Waals surface area (Å²) in [7, 11) is 0. The molecule has 0 amide bonds. The Kier molecular flexibility index (Phi) is 6.53. The highest BCUT2D eigenvalue weighted by atomic mass is 16.5. The van der Waals surface area contributed by atoms with Crippen LogP contribution in [-0.4, -0.2) is 17.7 Å². The van der Waals surface area contributed by atoms with Crippen molar-refractivity contribution in [3.63, 3.8) is 0 Å². The highest BCUT2D eigenvalue weighted by Crippen LogP contribution is 2.38. The number of carbonyl (C=O) groups is 1. The molecule has 3 aromatic carbocycles. The number of aromatic hydroxyl groups is 1. The number of unbranched alkanes of at least 4 members (excludes halogenated alkanes) is 3. The third-order valence-corrected chi connectivity index (χ3v) is 4.73. The normalized spacial score (nSPS) is 10.8. The van der Waals surface area contributed by atoms with E-state index in [1.165, 1.54) is 6.42 Å². The maximum Gasteiger partial charge on any atom is 0.347 e. The number of carbonyl (C=O) groups excluding carboxylic acids is 1. The molecule has 0 saturated heterocycles. The van der Waals surface area contributed by atoms with Gasteiger partial charge in [0.25, 0.3) is 0 Å². The van der Waals surface area contributed by atoms with E-state index in [0.717, 1.165) is 30.2 Å². The third kappa shape index (κ3) is 4.45. The fourth-order valence-corrected chi connectivity index (χ4v) is 3.24. The largest absolute Gasteiger partial charge is 0.506 e. The minimum Gasteiger partial charge on any atom is -0.506 e. The monoisotopic (exact) mass is 378 g/mol. The van der Waals surface area contributed by atoms with Crippen molar-refractivity contribution in [2.24, 2.45) is 0 Å². The summed E-state index contributed by atoms with van der Waals surface area (Å²) in [6, 6.07) is 16.0. The Bertz CT molecular complexity index is 948. The highest BCUT2D eigenvalue weighted by Gasteiger charge is 2.20. The molecule has 0 spiro atoms. The summed E-state index contributed by atoms with van der Waals surface area (Å²) in [6.45, 7) is 4.71. The van der Waals surface area contributed by atoms with Crippen LogP contribution >= 0.6 is 0 Å². The van der Waals surface area contributed by atoms with Gasteiger partial charge in [0.1, 0.15) is 22.8 Å². The average Bonchev–Trinajstić information content (AvgIpc) is 2.70. The van der Waals surface area contributed by atoms with Crippen molar-refractivity contribution in [1.82, 2.24) is 0 Å².